The van der Waals surface area contributed by atoms with Crippen molar-refractivity contribution in [2.45, 2.75) is 18.6 Å². The summed E-state index contributed by atoms with van der Waals surface area (Å²) in [5.41, 5.74) is 3.09. The van der Waals surface area contributed by atoms with E-state index in [4.69, 9.17) is 4.74 Å². The SMILES string of the molecule is CCOc1ccc(NC(=O)CSc2nccn2-c2cccc(C(=O)NCc3ccccc3)c2)cc1. The summed E-state index contributed by atoms with van der Waals surface area (Å²) in [6.07, 6.45) is 3.49. The summed E-state index contributed by atoms with van der Waals surface area (Å²) in [7, 11) is 0. The average Bonchev–Trinajstić information content (AvgIpc) is 3.37. The van der Waals surface area contributed by atoms with Crippen LogP contribution in [-0.2, 0) is 11.3 Å². The molecular formula is C27H26N4O3S. The van der Waals surface area contributed by atoms with Gasteiger partial charge in [0.15, 0.2) is 5.16 Å². The van der Waals surface area contributed by atoms with E-state index in [1.807, 2.05) is 90.5 Å². The highest BCUT2D eigenvalue weighted by molar-refractivity contribution is 7.99. The molecular weight excluding hydrogens is 460 g/mol. The van der Waals surface area contributed by atoms with Crippen LogP contribution in [0.5, 0.6) is 5.75 Å². The van der Waals surface area contributed by atoms with Crippen LogP contribution < -0.4 is 15.4 Å². The second-order valence-corrected chi connectivity index (χ2v) is 8.54. The van der Waals surface area contributed by atoms with E-state index >= 15 is 0 Å². The topological polar surface area (TPSA) is 85.2 Å². The third-order valence-corrected chi connectivity index (χ3v) is 6.04. The molecule has 0 saturated carbocycles. The smallest absolute Gasteiger partial charge is 0.251 e. The third-order valence-electron chi connectivity index (χ3n) is 5.07. The van der Waals surface area contributed by atoms with Gasteiger partial charge < -0.3 is 15.4 Å². The monoisotopic (exact) mass is 486 g/mol. The van der Waals surface area contributed by atoms with Crippen molar-refractivity contribution in [1.82, 2.24) is 14.9 Å². The van der Waals surface area contributed by atoms with Crippen LogP contribution in [-0.4, -0.2) is 33.7 Å². The van der Waals surface area contributed by atoms with Crippen molar-refractivity contribution >= 4 is 29.3 Å². The number of carbonyl (C=O) groups excluding carboxylic acids is 2. The molecule has 2 N–H and O–H groups in total. The number of anilines is 1. The second kappa shape index (κ2) is 11.9. The molecule has 0 aliphatic rings. The van der Waals surface area contributed by atoms with Crippen LogP contribution >= 0.6 is 11.8 Å². The van der Waals surface area contributed by atoms with Crippen molar-refractivity contribution in [3.63, 3.8) is 0 Å². The molecule has 4 aromatic rings. The first-order valence-electron chi connectivity index (χ1n) is 11.2. The number of rotatable bonds is 10. The van der Waals surface area contributed by atoms with Gasteiger partial charge in [-0.25, -0.2) is 4.98 Å². The zero-order chi connectivity index (χ0) is 24.5. The Bertz CT molecular complexity index is 1270. The van der Waals surface area contributed by atoms with Crippen LogP contribution in [0.3, 0.4) is 0 Å². The van der Waals surface area contributed by atoms with Crippen LogP contribution in [0.15, 0.2) is 96.4 Å². The number of amides is 2. The van der Waals surface area contributed by atoms with Crippen molar-refractivity contribution in [2.75, 3.05) is 17.7 Å². The standard InChI is InChI=1S/C27H26N4O3S/c1-2-34-24-13-11-22(12-14-24)30-25(32)19-35-27-28-15-16-31(27)23-10-6-9-21(17-23)26(33)29-18-20-7-4-3-5-8-20/h3-17H,2,18-19H2,1H3,(H,29,33)(H,30,32). The van der Waals surface area contributed by atoms with E-state index in [1.165, 1.54) is 11.8 Å². The maximum Gasteiger partial charge on any atom is 0.251 e. The van der Waals surface area contributed by atoms with Gasteiger partial charge in [0, 0.05) is 35.9 Å². The molecule has 0 saturated heterocycles. The molecule has 0 fully saturated rings. The van der Waals surface area contributed by atoms with E-state index in [0.717, 1.165) is 17.0 Å². The Morgan fingerprint density at radius 3 is 2.57 bits per heavy atom. The number of hydrogen-bond donors (Lipinski definition) is 2. The number of nitrogens with zero attached hydrogens (tertiary/aromatic N) is 2. The van der Waals surface area contributed by atoms with Crippen LogP contribution in [0.4, 0.5) is 5.69 Å². The minimum absolute atomic E-state index is 0.136. The van der Waals surface area contributed by atoms with Gasteiger partial charge in [-0.2, -0.15) is 0 Å². The lowest BCUT2D eigenvalue weighted by molar-refractivity contribution is -0.113. The summed E-state index contributed by atoms with van der Waals surface area (Å²) in [4.78, 5) is 29.5. The first-order chi connectivity index (χ1) is 17.1. The van der Waals surface area contributed by atoms with Crippen LogP contribution in [0, 0.1) is 0 Å². The summed E-state index contributed by atoms with van der Waals surface area (Å²) >= 11 is 1.32. The molecule has 1 aromatic heterocycles. The maximum atomic E-state index is 12.7. The third kappa shape index (κ3) is 6.74. The Labute approximate surface area is 208 Å². The Hall–Kier alpha value is -4.04. The van der Waals surface area contributed by atoms with E-state index in [2.05, 4.69) is 15.6 Å². The Kier molecular flexibility index (Phi) is 8.19. The van der Waals surface area contributed by atoms with E-state index in [-0.39, 0.29) is 17.6 Å². The van der Waals surface area contributed by atoms with Crippen molar-refractivity contribution in [2.24, 2.45) is 0 Å². The zero-order valence-corrected chi connectivity index (χ0v) is 20.1. The van der Waals surface area contributed by atoms with Gasteiger partial charge in [-0.05, 0) is 55.0 Å². The molecule has 0 atom stereocenters. The number of benzene rings is 3. The van der Waals surface area contributed by atoms with Crippen molar-refractivity contribution < 1.29 is 14.3 Å². The second-order valence-electron chi connectivity index (χ2n) is 7.59. The molecule has 178 valence electrons. The van der Waals surface area contributed by atoms with Gasteiger partial charge in [0.25, 0.3) is 5.91 Å². The molecule has 1 heterocycles. The van der Waals surface area contributed by atoms with Gasteiger partial charge >= 0.3 is 0 Å². The summed E-state index contributed by atoms with van der Waals surface area (Å²) in [5.74, 6) is 0.668. The lowest BCUT2D eigenvalue weighted by Gasteiger charge is -2.10. The van der Waals surface area contributed by atoms with Crippen molar-refractivity contribution in [1.29, 1.82) is 0 Å². The van der Waals surface area contributed by atoms with E-state index in [1.54, 1.807) is 12.3 Å². The van der Waals surface area contributed by atoms with Crippen LogP contribution in [0.2, 0.25) is 0 Å². The summed E-state index contributed by atoms with van der Waals surface area (Å²) in [6, 6.07) is 24.4. The van der Waals surface area contributed by atoms with E-state index in [0.29, 0.717) is 29.6 Å². The maximum absolute atomic E-state index is 12.7. The fourth-order valence-corrected chi connectivity index (χ4v) is 4.17. The Morgan fingerprint density at radius 1 is 1.00 bits per heavy atom. The lowest BCUT2D eigenvalue weighted by Crippen LogP contribution is -2.22. The molecule has 0 bridgehead atoms. The van der Waals surface area contributed by atoms with Crippen molar-refractivity contribution in [3.05, 3.63) is 102 Å². The molecule has 2 amide bonds. The fourth-order valence-electron chi connectivity index (χ4n) is 3.40. The molecule has 0 spiro atoms. The molecule has 0 aliphatic carbocycles. The Morgan fingerprint density at radius 2 is 1.80 bits per heavy atom. The quantitative estimate of drug-likeness (QED) is 0.311. The molecule has 0 aliphatic heterocycles. The van der Waals surface area contributed by atoms with E-state index in [9.17, 15) is 9.59 Å². The van der Waals surface area contributed by atoms with Crippen molar-refractivity contribution in [3.8, 4) is 11.4 Å². The summed E-state index contributed by atoms with van der Waals surface area (Å²) in [6.45, 7) is 2.98. The number of hydrogen-bond acceptors (Lipinski definition) is 5. The largest absolute Gasteiger partial charge is 0.494 e. The fraction of sp³-hybridized carbons (Fsp3) is 0.148. The highest BCUT2D eigenvalue weighted by atomic mass is 32.2. The highest BCUT2D eigenvalue weighted by Crippen LogP contribution is 2.22. The molecule has 3 aromatic carbocycles. The number of aromatic nitrogens is 2. The van der Waals surface area contributed by atoms with Crippen LogP contribution in [0.1, 0.15) is 22.8 Å². The molecule has 4 rings (SSSR count). The lowest BCUT2D eigenvalue weighted by atomic mass is 10.1. The minimum Gasteiger partial charge on any atom is -0.494 e. The first-order valence-corrected chi connectivity index (χ1v) is 12.2. The highest BCUT2D eigenvalue weighted by Gasteiger charge is 2.12. The normalized spacial score (nSPS) is 10.5. The molecule has 8 heteroatoms. The number of thioether (sulfide) groups is 1. The number of imidazole rings is 1. The predicted octanol–water partition coefficient (Wildman–Crippen LogP) is 4.93. The molecule has 0 unspecified atom stereocenters. The summed E-state index contributed by atoms with van der Waals surface area (Å²) in [5, 5.41) is 6.49. The van der Waals surface area contributed by atoms with Gasteiger partial charge in [-0.15, -0.1) is 0 Å². The van der Waals surface area contributed by atoms with Gasteiger partial charge in [0.1, 0.15) is 5.75 Å². The van der Waals surface area contributed by atoms with Gasteiger partial charge in [-0.1, -0.05) is 48.2 Å². The molecule has 0 radical (unpaired) electrons. The predicted molar refractivity (Wildman–Crippen MR) is 138 cm³/mol. The minimum atomic E-state index is -0.153. The number of ether oxygens (including phenoxy) is 1. The van der Waals surface area contributed by atoms with Gasteiger partial charge in [-0.3, -0.25) is 14.2 Å². The van der Waals surface area contributed by atoms with Crippen LogP contribution in [0.25, 0.3) is 5.69 Å². The average molecular weight is 487 g/mol. The first kappa shape index (κ1) is 24.1. The van der Waals surface area contributed by atoms with Gasteiger partial charge in [0.05, 0.1) is 12.4 Å². The number of nitrogens with one attached hydrogen (secondary N) is 2. The van der Waals surface area contributed by atoms with Gasteiger partial charge in [0.2, 0.25) is 5.91 Å². The zero-order valence-electron chi connectivity index (χ0n) is 19.3. The molecule has 35 heavy (non-hydrogen) atoms. The molecule has 7 nitrogen and oxygen atoms in total. The summed E-state index contributed by atoms with van der Waals surface area (Å²) < 4.78 is 7.29. The Balaban J connectivity index is 1.36. The van der Waals surface area contributed by atoms with E-state index < -0.39 is 0 Å². The number of carbonyl (C=O) groups is 2.